The maximum absolute atomic E-state index is 13.7. The second kappa shape index (κ2) is 9.03. The summed E-state index contributed by atoms with van der Waals surface area (Å²) in [5.41, 5.74) is 13.8. The molecular formula is C24H23ClN6O3. The minimum absolute atomic E-state index is 0.0398. The standard InChI is InChI=1S/C24H23ClN6O3/c1-13(2)30-11-17(20-22(26)28-12-29-23(20)30)21(32)14-7-8-19(34-3)18(9-14)31(24(27)33)16-6-4-5-15(25)10-16/h4-13H,1-3H3,(H2,27,33)(H2,26,28,29). The number of nitrogens with two attached hydrogens (primary N) is 2. The Bertz CT molecular complexity index is 1420. The zero-order chi connectivity index (χ0) is 24.6. The highest BCUT2D eigenvalue weighted by Crippen LogP contribution is 2.37. The van der Waals surface area contributed by atoms with Crippen LogP contribution in [0.4, 0.5) is 22.0 Å². The van der Waals surface area contributed by atoms with Gasteiger partial charge in [-0.2, -0.15) is 0 Å². The van der Waals surface area contributed by atoms with Crippen molar-refractivity contribution in [3.8, 4) is 5.75 Å². The normalized spacial score (nSPS) is 11.1. The summed E-state index contributed by atoms with van der Waals surface area (Å²) in [7, 11) is 1.46. The molecule has 2 heterocycles. The van der Waals surface area contributed by atoms with Crippen molar-refractivity contribution in [2.45, 2.75) is 19.9 Å². The Morgan fingerprint density at radius 3 is 2.56 bits per heavy atom. The van der Waals surface area contributed by atoms with Crippen molar-refractivity contribution in [3.63, 3.8) is 0 Å². The predicted molar refractivity (Wildman–Crippen MR) is 132 cm³/mol. The molecule has 0 spiro atoms. The number of hydrogen-bond acceptors (Lipinski definition) is 6. The van der Waals surface area contributed by atoms with E-state index in [4.69, 9.17) is 27.8 Å². The van der Waals surface area contributed by atoms with Gasteiger partial charge in [0.2, 0.25) is 0 Å². The van der Waals surface area contributed by atoms with Crippen molar-refractivity contribution in [1.82, 2.24) is 14.5 Å². The minimum atomic E-state index is -0.765. The van der Waals surface area contributed by atoms with E-state index in [0.717, 1.165) is 0 Å². The molecule has 0 unspecified atom stereocenters. The molecule has 9 nitrogen and oxygen atoms in total. The summed E-state index contributed by atoms with van der Waals surface area (Å²) in [5, 5.41) is 0.895. The van der Waals surface area contributed by atoms with Crippen LogP contribution in [0.5, 0.6) is 5.75 Å². The first-order chi connectivity index (χ1) is 16.2. The Morgan fingerprint density at radius 1 is 1.15 bits per heavy atom. The van der Waals surface area contributed by atoms with Crippen LogP contribution in [0.2, 0.25) is 5.02 Å². The number of fused-ring (bicyclic) bond motifs is 1. The number of anilines is 3. The Hall–Kier alpha value is -4.11. The molecular weight excluding hydrogens is 456 g/mol. The van der Waals surface area contributed by atoms with E-state index < -0.39 is 6.03 Å². The quantitative estimate of drug-likeness (QED) is 0.386. The van der Waals surface area contributed by atoms with Gasteiger partial charge in [-0.05, 0) is 50.2 Å². The third-order valence-corrected chi connectivity index (χ3v) is 5.64. The first-order valence-corrected chi connectivity index (χ1v) is 10.8. The highest BCUT2D eigenvalue weighted by molar-refractivity contribution is 6.31. The van der Waals surface area contributed by atoms with Crippen molar-refractivity contribution in [1.29, 1.82) is 0 Å². The van der Waals surface area contributed by atoms with Gasteiger partial charge in [0.1, 0.15) is 23.5 Å². The van der Waals surface area contributed by atoms with Crippen molar-refractivity contribution >= 4 is 51.6 Å². The van der Waals surface area contributed by atoms with Crippen LogP contribution in [-0.4, -0.2) is 33.5 Å². The van der Waals surface area contributed by atoms with Crippen LogP contribution in [0.1, 0.15) is 35.8 Å². The second-order valence-electron chi connectivity index (χ2n) is 7.87. The Kier molecular flexibility index (Phi) is 6.12. The van der Waals surface area contributed by atoms with Crippen LogP contribution >= 0.6 is 11.6 Å². The summed E-state index contributed by atoms with van der Waals surface area (Å²) in [4.78, 5) is 35.7. The van der Waals surface area contributed by atoms with Crippen molar-refractivity contribution in [2.24, 2.45) is 5.73 Å². The van der Waals surface area contributed by atoms with Gasteiger partial charge >= 0.3 is 6.03 Å². The first-order valence-electron chi connectivity index (χ1n) is 10.4. The fourth-order valence-corrected chi connectivity index (χ4v) is 4.02. The maximum Gasteiger partial charge on any atom is 0.324 e. The summed E-state index contributed by atoms with van der Waals surface area (Å²) in [6.07, 6.45) is 3.08. The monoisotopic (exact) mass is 478 g/mol. The van der Waals surface area contributed by atoms with Crippen LogP contribution in [0, 0.1) is 0 Å². The van der Waals surface area contributed by atoms with Crippen LogP contribution < -0.4 is 21.1 Å². The third kappa shape index (κ3) is 4.01. The number of rotatable bonds is 6. The number of hydrogen-bond donors (Lipinski definition) is 2. The average Bonchev–Trinajstić information content (AvgIpc) is 3.20. The Balaban J connectivity index is 1.89. The molecule has 34 heavy (non-hydrogen) atoms. The average molecular weight is 479 g/mol. The smallest absolute Gasteiger partial charge is 0.324 e. The second-order valence-corrected chi connectivity index (χ2v) is 8.31. The van der Waals surface area contributed by atoms with Gasteiger partial charge in [-0.15, -0.1) is 0 Å². The largest absolute Gasteiger partial charge is 0.495 e. The Labute approximate surface area is 200 Å². The lowest BCUT2D eigenvalue weighted by molar-refractivity contribution is 0.104. The number of nitrogen functional groups attached to an aromatic ring is 1. The highest BCUT2D eigenvalue weighted by atomic mass is 35.5. The van der Waals surface area contributed by atoms with E-state index in [1.54, 1.807) is 48.7 Å². The van der Waals surface area contributed by atoms with Crippen molar-refractivity contribution in [2.75, 3.05) is 17.7 Å². The van der Waals surface area contributed by atoms with E-state index in [1.807, 2.05) is 18.4 Å². The van der Waals surface area contributed by atoms with Gasteiger partial charge in [0, 0.05) is 22.8 Å². The number of methoxy groups -OCH3 is 1. The molecule has 2 aromatic carbocycles. The SMILES string of the molecule is COc1ccc(C(=O)c2cn(C(C)C)c3ncnc(N)c23)cc1N(C(N)=O)c1cccc(Cl)c1. The zero-order valence-corrected chi connectivity index (χ0v) is 19.6. The third-order valence-electron chi connectivity index (χ3n) is 5.41. The molecule has 0 aliphatic heterocycles. The molecule has 2 aromatic heterocycles. The van der Waals surface area contributed by atoms with Gasteiger partial charge in [0.05, 0.1) is 29.4 Å². The molecule has 0 radical (unpaired) electrons. The van der Waals surface area contributed by atoms with Crippen molar-refractivity contribution in [3.05, 3.63) is 71.1 Å². The van der Waals surface area contributed by atoms with E-state index in [0.29, 0.717) is 44.3 Å². The molecule has 10 heteroatoms. The summed E-state index contributed by atoms with van der Waals surface area (Å²) < 4.78 is 7.32. The molecule has 0 atom stereocenters. The fourth-order valence-electron chi connectivity index (χ4n) is 3.84. The number of benzene rings is 2. The number of amides is 2. The molecule has 4 rings (SSSR count). The fraction of sp³-hybridized carbons (Fsp3) is 0.167. The lowest BCUT2D eigenvalue weighted by Gasteiger charge is -2.23. The number of halogens is 1. The molecule has 0 fully saturated rings. The van der Waals surface area contributed by atoms with E-state index in [-0.39, 0.29) is 17.6 Å². The van der Waals surface area contributed by atoms with Crippen molar-refractivity contribution < 1.29 is 14.3 Å². The number of aromatic nitrogens is 3. The first kappa shape index (κ1) is 23.1. The van der Waals surface area contributed by atoms with E-state index in [1.165, 1.54) is 18.3 Å². The van der Waals surface area contributed by atoms with E-state index in [9.17, 15) is 9.59 Å². The number of nitrogens with zero attached hydrogens (tertiary/aromatic N) is 4. The number of ketones is 1. The van der Waals surface area contributed by atoms with E-state index in [2.05, 4.69) is 9.97 Å². The number of urea groups is 1. The highest BCUT2D eigenvalue weighted by Gasteiger charge is 2.25. The number of carbonyl (C=O) groups is 2. The van der Waals surface area contributed by atoms with Gasteiger partial charge < -0.3 is 20.8 Å². The molecule has 0 saturated carbocycles. The Morgan fingerprint density at radius 2 is 1.91 bits per heavy atom. The van der Waals surface area contributed by atoms with Crippen LogP contribution in [0.3, 0.4) is 0 Å². The number of carbonyl (C=O) groups excluding carboxylic acids is 2. The summed E-state index contributed by atoms with van der Waals surface area (Å²) in [5.74, 6) is 0.243. The maximum atomic E-state index is 13.7. The number of primary amides is 1. The summed E-state index contributed by atoms with van der Waals surface area (Å²) in [6, 6.07) is 10.7. The lowest BCUT2D eigenvalue weighted by Crippen LogP contribution is -2.32. The molecule has 0 saturated heterocycles. The van der Waals surface area contributed by atoms with Crippen LogP contribution in [0.15, 0.2) is 55.0 Å². The predicted octanol–water partition coefficient (Wildman–Crippen LogP) is 4.70. The van der Waals surface area contributed by atoms with Gasteiger partial charge in [-0.25, -0.2) is 14.8 Å². The van der Waals surface area contributed by atoms with E-state index >= 15 is 0 Å². The summed E-state index contributed by atoms with van der Waals surface area (Å²) >= 11 is 6.12. The number of ether oxygens (including phenoxy) is 1. The molecule has 0 aliphatic carbocycles. The van der Waals surface area contributed by atoms with Gasteiger partial charge in [-0.3, -0.25) is 9.69 Å². The lowest BCUT2D eigenvalue weighted by atomic mass is 10.0. The molecule has 4 N–H and O–H groups in total. The molecule has 4 aromatic rings. The molecule has 2 amide bonds. The summed E-state index contributed by atoms with van der Waals surface area (Å²) in [6.45, 7) is 3.96. The van der Waals surface area contributed by atoms with Crippen LogP contribution in [0.25, 0.3) is 11.0 Å². The molecule has 0 bridgehead atoms. The minimum Gasteiger partial charge on any atom is -0.495 e. The topological polar surface area (TPSA) is 129 Å². The zero-order valence-electron chi connectivity index (χ0n) is 18.8. The molecule has 174 valence electrons. The van der Waals surface area contributed by atoms with Gasteiger partial charge in [0.15, 0.2) is 5.78 Å². The molecule has 0 aliphatic rings. The van der Waals surface area contributed by atoms with Gasteiger partial charge in [-0.1, -0.05) is 17.7 Å². The van der Waals surface area contributed by atoms with Crippen LogP contribution in [-0.2, 0) is 0 Å². The van der Waals surface area contributed by atoms with Gasteiger partial charge in [0.25, 0.3) is 0 Å².